The molecule has 3 aromatic rings. The summed E-state index contributed by atoms with van der Waals surface area (Å²) in [6, 6.07) is 13.5. The number of benzene rings is 1. The zero-order chi connectivity index (χ0) is 24.2. The number of hydrogen-bond acceptors (Lipinski definition) is 6. The van der Waals surface area contributed by atoms with Crippen molar-refractivity contribution in [2.45, 2.75) is 12.8 Å². The topological polar surface area (TPSA) is 94.7 Å². The van der Waals surface area contributed by atoms with Crippen molar-refractivity contribution in [3.63, 3.8) is 0 Å². The quantitative estimate of drug-likeness (QED) is 0.611. The van der Waals surface area contributed by atoms with E-state index in [1.165, 1.54) is 0 Å². The van der Waals surface area contributed by atoms with Gasteiger partial charge in [0.15, 0.2) is 0 Å². The van der Waals surface area contributed by atoms with E-state index in [0.717, 1.165) is 30.1 Å². The minimum atomic E-state index is -0.0749. The second-order valence-electron chi connectivity index (χ2n) is 8.95. The van der Waals surface area contributed by atoms with Crippen molar-refractivity contribution in [1.29, 1.82) is 0 Å². The van der Waals surface area contributed by atoms with Gasteiger partial charge in [0, 0.05) is 63.1 Å². The number of likely N-dealkylation sites (tertiary alicyclic amines) is 1. The van der Waals surface area contributed by atoms with Crippen molar-refractivity contribution in [3.8, 4) is 17.0 Å². The van der Waals surface area contributed by atoms with E-state index in [1.54, 1.807) is 25.6 Å². The lowest BCUT2D eigenvalue weighted by atomic mass is 9.94. The number of nitrogens with one attached hydrogen (secondary N) is 1. The minimum Gasteiger partial charge on any atom is -0.495 e. The number of rotatable bonds is 5. The molecule has 0 aliphatic carbocycles. The molecule has 2 fully saturated rings. The Balaban J connectivity index is 1.13. The third-order valence-corrected chi connectivity index (χ3v) is 6.93. The molecule has 35 heavy (non-hydrogen) atoms. The second kappa shape index (κ2) is 10.2. The number of nitrogens with zero attached hydrogens (tertiary/aromatic N) is 5. The Hall–Kier alpha value is -3.88. The summed E-state index contributed by atoms with van der Waals surface area (Å²) in [4.78, 5) is 36.2. The highest BCUT2D eigenvalue weighted by Gasteiger charge is 2.32. The van der Waals surface area contributed by atoms with Gasteiger partial charge in [0.05, 0.1) is 18.5 Å². The number of carbonyl (C=O) groups is 2. The number of piperazine rings is 1. The van der Waals surface area contributed by atoms with Crippen LogP contribution in [0.2, 0.25) is 0 Å². The molecule has 182 valence electrons. The molecular weight excluding hydrogens is 444 g/mol. The molecular formula is C26H30N6O3. The fraction of sp³-hybridized carbons (Fsp3) is 0.385. The smallest absolute Gasteiger partial charge is 0.271 e. The van der Waals surface area contributed by atoms with Crippen LogP contribution in [0.15, 0.2) is 54.9 Å². The predicted octanol–water partition coefficient (Wildman–Crippen LogP) is 2.68. The average Bonchev–Trinajstić information content (AvgIpc) is 3.43. The van der Waals surface area contributed by atoms with Gasteiger partial charge in [-0.1, -0.05) is 12.1 Å². The monoisotopic (exact) mass is 474 g/mol. The highest BCUT2D eigenvalue weighted by atomic mass is 16.5. The van der Waals surface area contributed by atoms with Crippen molar-refractivity contribution in [2.75, 3.05) is 51.3 Å². The number of carbonyl (C=O) groups excluding carboxylic acids is 2. The fourth-order valence-electron chi connectivity index (χ4n) is 4.92. The predicted molar refractivity (Wildman–Crippen MR) is 132 cm³/mol. The molecule has 0 spiro atoms. The summed E-state index contributed by atoms with van der Waals surface area (Å²) in [5.74, 6) is 0.952. The van der Waals surface area contributed by atoms with Crippen LogP contribution in [0.5, 0.6) is 5.75 Å². The zero-order valence-electron chi connectivity index (χ0n) is 19.9. The van der Waals surface area contributed by atoms with Crippen LogP contribution in [0.25, 0.3) is 11.3 Å². The van der Waals surface area contributed by atoms with Gasteiger partial charge in [0.1, 0.15) is 11.4 Å². The van der Waals surface area contributed by atoms with Crippen LogP contribution in [0.4, 0.5) is 5.69 Å². The number of pyridine rings is 1. The van der Waals surface area contributed by atoms with Gasteiger partial charge in [-0.15, -0.1) is 0 Å². The summed E-state index contributed by atoms with van der Waals surface area (Å²) in [7, 11) is 1.68. The van der Waals surface area contributed by atoms with Crippen molar-refractivity contribution in [2.24, 2.45) is 5.92 Å². The number of hydrogen-bond donors (Lipinski definition) is 1. The molecule has 2 aliphatic heterocycles. The molecule has 2 aromatic heterocycles. The van der Waals surface area contributed by atoms with Gasteiger partial charge in [-0.2, -0.15) is 5.10 Å². The van der Waals surface area contributed by atoms with Crippen LogP contribution in [0.1, 0.15) is 23.3 Å². The zero-order valence-corrected chi connectivity index (χ0v) is 19.9. The summed E-state index contributed by atoms with van der Waals surface area (Å²) in [5.41, 5.74) is 3.16. The Bertz CT molecular complexity index is 1160. The number of ether oxygens (including phenoxy) is 1. The molecule has 2 saturated heterocycles. The summed E-state index contributed by atoms with van der Waals surface area (Å²) < 4.78 is 5.49. The number of H-pyrrole nitrogens is 1. The maximum absolute atomic E-state index is 13.2. The first-order chi connectivity index (χ1) is 17.1. The molecule has 4 heterocycles. The minimum absolute atomic E-state index is 0.0361. The highest BCUT2D eigenvalue weighted by Crippen LogP contribution is 2.29. The first-order valence-corrected chi connectivity index (χ1v) is 12.1. The van der Waals surface area contributed by atoms with Crippen molar-refractivity contribution in [3.05, 3.63) is 60.6 Å². The lowest BCUT2D eigenvalue weighted by Crippen LogP contribution is -2.52. The van der Waals surface area contributed by atoms with E-state index in [2.05, 4.69) is 26.1 Å². The number of amides is 2. The SMILES string of the molecule is COc1ccccc1N1CCN(C(=O)C2CCN(C(=O)c3cc(-c4ccncc4)n[nH]3)CC2)CC1. The van der Waals surface area contributed by atoms with E-state index < -0.39 is 0 Å². The lowest BCUT2D eigenvalue weighted by molar-refractivity contribution is -0.137. The van der Waals surface area contributed by atoms with Crippen LogP contribution >= 0.6 is 0 Å². The number of aromatic amines is 1. The molecule has 1 aromatic carbocycles. The third-order valence-electron chi connectivity index (χ3n) is 6.93. The molecule has 9 heteroatoms. The van der Waals surface area contributed by atoms with Gasteiger partial charge in [0.25, 0.3) is 5.91 Å². The second-order valence-corrected chi connectivity index (χ2v) is 8.95. The van der Waals surface area contributed by atoms with Crippen molar-refractivity contribution in [1.82, 2.24) is 25.0 Å². The van der Waals surface area contributed by atoms with Gasteiger partial charge < -0.3 is 19.4 Å². The number of anilines is 1. The van der Waals surface area contributed by atoms with E-state index in [4.69, 9.17) is 4.74 Å². The van der Waals surface area contributed by atoms with E-state index in [0.29, 0.717) is 50.4 Å². The molecule has 0 radical (unpaired) electrons. The Morgan fingerprint density at radius 1 is 0.943 bits per heavy atom. The van der Waals surface area contributed by atoms with Crippen LogP contribution < -0.4 is 9.64 Å². The van der Waals surface area contributed by atoms with E-state index in [-0.39, 0.29) is 17.7 Å². The summed E-state index contributed by atoms with van der Waals surface area (Å²) >= 11 is 0. The van der Waals surface area contributed by atoms with Crippen molar-refractivity contribution < 1.29 is 14.3 Å². The molecule has 2 amide bonds. The normalized spacial score (nSPS) is 16.9. The number of methoxy groups -OCH3 is 1. The summed E-state index contributed by atoms with van der Waals surface area (Å²) in [5, 5.41) is 7.14. The van der Waals surface area contributed by atoms with Gasteiger partial charge in [-0.05, 0) is 43.2 Å². The fourth-order valence-corrected chi connectivity index (χ4v) is 4.92. The van der Waals surface area contributed by atoms with Crippen LogP contribution in [-0.2, 0) is 4.79 Å². The van der Waals surface area contributed by atoms with E-state index in [1.807, 2.05) is 40.1 Å². The summed E-state index contributed by atoms with van der Waals surface area (Å²) in [6.45, 7) is 4.09. The van der Waals surface area contributed by atoms with Gasteiger partial charge in [0.2, 0.25) is 5.91 Å². The standard InChI is InChI=1S/C26H30N6O3/c1-35-24-5-3-2-4-23(24)30-14-16-32(17-15-30)25(33)20-8-12-31(13-9-20)26(34)22-18-21(28-29-22)19-6-10-27-11-7-19/h2-7,10-11,18,20H,8-9,12-17H2,1H3,(H,28,29). The molecule has 5 rings (SSSR count). The summed E-state index contributed by atoms with van der Waals surface area (Å²) in [6.07, 6.45) is 4.77. The largest absolute Gasteiger partial charge is 0.495 e. The first-order valence-electron chi connectivity index (χ1n) is 12.1. The van der Waals surface area contributed by atoms with Gasteiger partial charge >= 0.3 is 0 Å². The van der Waals surface area contributed by atoms with Gasteiger partial charge in [-0.25, -0.2) is 0 Å². The highest BCUT2D eigenvalue weighted by molar-refractivity contribution is 5.93. The lowest BCUT2D eigenvalue weighted by Gasteiger charge is -2.39. The Morgan fingerprint density at radius 3 is 2.37 bits per heavy atom. The average molecular weight is 475 g/mol. The maximum atomic E-state index is 13.2. The molecule has 0 bridgehead atoms. The molecule has 0 unspecified atom stereocenters. The maximum Gasteiger partial charge on any atom is 0.271 e. The Labute approximate surface area is 204 Å². The van der Waals surface area contributed by atoms with E-state index >= 15 is 0 Å². The van der Waals surface area contributed by atoms with Crippen LogP contribution in [-0.4, -0.2) is 83.2 Å². The third kappa shape index (κ3) is 4.84. The van der Waals surface area contributed by atoms with Crippen LogP contribution in [0, 0.1) is 5.92 Å². The molecule has 0 saturated carbocycles. The Morgan fingerprint density at radius 2 is 1.66 bits per heavy atom. The number of para-hydroxylation sites is 2. The number of aromatic nitrogens is 3. The van der Waals surface area contributed by atoms with Gasteiger partial charge in [-0.3, -0.25) is 19.7 Å². The molecule has 0 atom stereocenters. The first kappa shape index (κ1) is 22.9. The Kier molecular flexibility index (Phi) is 6.65. The molecule has 1 N–H and O–H groups in total. The molecule has 2 aliphatic rings. The molecule has 9 nitrogen and oxygen atoms in total. The van der Waals surface area contributed by atoms with Crippen molar-refractivity contribution >= 4 is 17.5 Å². The number of piperidine rings is 1. The van der Waals surface area contributed by atoms with Crippen LogP contribution in [0.3, 0.4) is 0 Å². The van der Waals surface area contributed by atoms with E-state index in [9.17, 15) is 9.59 Å².